The normalized spacial score (nSPS) is 13.2. The van der Waals surface area contributed by atoms with E-state index in [2.05, 4.69) is 53.7 Å². The van der Waals surface area contributed by atoms with Crippen molar-refractivity contribution in [1.29, 1.82) is 0 Å². The van der Waals surface area contributed by atoms with Gasteiger partial charge in [-0.3, -0.25) is 4.99 Å². The fourth-order valence-corrected chi connectivity index (χ4v) is 4.11. The number of hydrogen-bond acceptors (Lipinski definition) is 3. The van der Waals surface area contributed by atoms with Crippen molar-refractivity contribution < 1.29 is 8.42 Å². The molecule has 2 aromatic carbocycles. The zero-order chi connectivity index (χ0) is 19.7. The third-order valence-electron chi connectivity index (χ3n) is 4.40. The number of hydrogen-bond donors (Lipinski definition) is 2. The summed E-state index contributed by atoms with van der Waals surface area (Å²) in [5.41, 5.74) is 2.54. The van der Waals surface area contributed by atoms with Crippen LogP contribution in [0.25, 0.3) is 0 Å². The molecule has 2 rings (SSSR count). The summed E-state index contributed by atoms with van der Waals surface area (Å²) in [6, 6.07) is 17.1. The van der Waals surface area contributed by atoms with Crippen molar-refractivity contribution in [2.75, 3.05) is 25.9 Å². The highest BCUT2D eigenvalue weighted by atomic mass is 32.2. The van der Waals surface area contributed by atoms with Gasteiger partial charge < -0.3 is 10.6 Å². The lowest BCUT2D eigenvalue weighted by molar-refractivity contribution is 0.592. The molecule has 27 heavy (non-hydrogen) atoms. The third-order valence-corrected chi connectivity index (χ3v) is 6.21. The molecule has 0 bridgehead atoms. The van der Waals surface area contributed by atoms with Crippen molar-refractivity contribution in [3.05, 3.63) is 65.7 Å². The summed E-state index contributed by atoms with van der Waals surface area (Å²) < 4.78 is 24.5. The first-order chi connectivity index (χ1) is 12.9. The molecule has 0 aliphatic rings. The van der Waals surface area contributed by atoms with Gasteiger partial charge in [-0.2, -0.15) is 0 Å². The van der Waals surface area contributed by atoms with Crippen molar-refractivity contribution in [1.82, 2.24) is 10.6 Å². The Morgan fingerprint density at radius 2 is 1.81 bits per heavy atom. The molecule has 0 heterocycles. The van der Waals surface area contributed by atoms with Crippen molar-refractivity contribution in [3.8, 4) is 0 Å². The first-order valence-corrected chi connectivity index (χ1v) is 10.9. The summed E-state index contributed by atoms with van der Waals surface area (Å²) in [5.74, 6) is 1.15. The van der Waals surface area contributed by atoms with Crippen LogP contribution in [0.3, 0.4) is 0 Å². The second-order valence-electron chi connectivity index (χ2n) is 6.68. The molecular weight excluding hydrogens is 358 g/mol. The maximum absolute atomic E-state index is 12.3. The smallest absolute Gasteiger partial charge is 0.190 e. The Morgan fingerprint density at radius 3 is 2.48 bits per heavy atom. The Bertz CT molecular complexity index is 849. The maximum atomic E-state index is 12.3. The highest BCUT2D eigenvalue weighted by molar-refractivity contribution is 7.91. The molecule has 0 aliphatic carbocycles. The van der Waals surface area contributed by atoms with E-state index in [0.29, 0.717) is 29.7 Å². The van der Waals surface area contributed by atoms with Gasteiger partial charge in [-0.1, -0.05) is 55.0 Å². The van der Waals surface area contributed by atoms with E-state index < -0.39 is 9.84 Å². The zero-order valence-corrected chi connectivity index (χ0v) is 17.1. The van der Waals surface area contributed by atoms with Gasteiger partial charge in [-0.15, -0.1) is 0 Å². The van der Waals surface area contributed by atoms with Crippen LogP contribution in [-0.2, 0) is 9.84 Å². The van der Waals surface area contributed by atoms with Crippen molar-refractivity contribution >= 4 is 15.8 Å². The molecule has 0 amide bonds. The lowest BCUT2D eigenvalue weighted by Crippen LogP contribution is -2.39. The van der Waals surface area contributed by atoms with E-state index >= 15 is 0 Å². The van der Waals surface area contributed by atoms with Crippen molar-refractivity contribution in [2.24, 2.45) is 4.99 Å². The number of guanidine groups is 1. The molecule has 146 valence electrons. The van der Waals surface area contributed by atoms with Crippen molar-refractivity contribution in [3.63, 3.8) is 0 Å². The zero-order valence-electron chi connectivity index (χ0n) is 16.3. The first-order valence-electron chi connectivity index (χ1n) is 9.21. The van der Waals surface area contributed by atoms with E-state index in [-0.39, 0.29) is 5.75 Å². The number of rotatable bonds is 8. The van der Waals surface area contributed by atoms with Crippen LogP contribution in [0.15, 0.2) is 64.5 Å². The van der Waals surface area contributed by atoms with Gasteiger partial charge >= 0.3 is 0 Å². The summed E-state index contributed by atoms with van der Waals surface area (Å²) in [7, 11) is -1.52. The van der Waals surface area contributed by atoms with Gasteiger partial charge in [0.25, 0.3) is 0 Å². The number of aryl methyl sites for hydroxylation is 1. The first kappa shape index (κ1) is 21.0. The van der Waals surface area contributed by atoms with Crippen LogP contribution < -0.4 is 10.6 Å². The minimum atomic E-state index is -3.23. The van der Waals surface area contributed by atoms with Gasteiger partial charge in [-0.25, -0.2) is 8.42 Å². The molecule has 0 saturated heterocycles. The molecular formula is C21H29N3O2S. The Balaban J connectivity index is 1.76. The third kappa shape index (κ3) is 6.71. The van der Waals surface area contributed by atoms with Crippen LogP contribution in [0.5, 0.6) is 0 Å². The average Bonchev–Trinajstić information content (AvgIpc) is 2.68. The van der Waals surface area contributed by atoms with Crippen LogP contribution in [0.1, 0.15) is 30.4 Å². The quantitative estimate of drug-likeness (QED) is 0.415. The highest BCUT2D eigenvalue weighted by Crippen LogP contribution is 2.15. The lowest BCUT2D eigenvalue weighted by Gasteiger charge is -2.17. The molecule has 2 N–H and O–H groups in total. The molecule has 0 fully saturated rings. The molecule has 0 aliphatic heterocycles. The van der Waals surface area contributed by atoms with E-state index in [9.17, 15) is 8.42 Å². The predicted molar refractivity (Wildman–Crippen MR) is 112 cm³/mol. The van der Waals surface area contributed by atoms with Gasteiger partial charge in [0.2, 0.25) is 0 Å². The summed E-state index contributed by atoms with van der Waals surface area (Å²) in [5, 5.41) is 6.49. The van der Waals surface area contributed by atoms with E-state index in [0.717, 1.165) is 6.54 Å². The number of benzene rings is 2. The largest absolute Gasteiger partial charge is 0.356 e. The fraction of sp³-hybridized carbons (Fsp3) is 0.381. The molecule has 5 nitrogen and oxygen atoms in total. The molecule has 6 heteroatoms. The van der Waals surface area contributed by atoms with Gasteiger partial charge in [0.05, 0.1) is 10.6 Å². The van der Waals surface area contributed by atoms with Crippen LogP contribution in [0.2, 0.25) is 0 Å². The van der Waals surface area contributed by atoms with Gasteiger partial charge in [0.1, 0.15) is 0 Å². The summed E-state index contributed by atoms with van der Waals surface area (Å²) in [6.07, 6.45) is 0.519. The van der Waals surface area contributed by atoms with Gasteiger partial charge in [0.15, 0.2) is 15.8 Å². The van der Waals surface area contributed by atoms with Gasteiger partial charge in [-0.05, 0) is 37.0 Å². The van der Waals surface area contributed by atoms with Gasteiger partial charge in [0, 0.05) is 20.1 Å². The number of sulfone groups is 1. The van der Waals surface area contributed by atoms with Crippen LogP contribution in [0, 0.1) is 6.92 Å². The second kappa shape index (κ2) is 10.1. The number of aliphatic imine (C=N–C) groups is 1. The molecule has 0 radical (unpaired) electrons. The Labute approximate surface area is 162 Å². The summed E-state index contributed by atoms with van der Waals surface area (Å²) >= 11 is 0. The molecule has 1 atom stereocenters. The van der Waals surface area contributed by atoms with E-state index in [1.54, 1.807) is 31.3 Å². The highest BCUT2D eigenvalue weighted by Gasteiger charge is 2.13. The monoisotopic (exact) mass is 387 g/mol. The second-order valence-corrected chi connectivity index (χ2v) is 8.79. The standard InChI is InChI=1S/C21H29N3O2S/c1-17-9-7-10-19(15-17)18(2)16-24-21(22-3)23-13-8-14-27(25,26)20-11-5-4-6-12-20/h4-7,9-12,15,18H,8,13-14,16H2,1-3H3,(H2,22,23,24). The topological polar surface area (TPSA) is 70.6 Å². The minimum Gasteiger partial charge on any atom is -0.356 e. The number of nitrogens with zero attached hydrogens (tertiary/aromatic N) is 1. The Hall–Kier alpha value is -2.34. The molecule has 2 aromatic rings. The SMILES string of the molecule is CN=C(NCCCS(=O)(=O)c1ccccc1)NCC(C)c1cccc(C)c1. The minimum absolute atomic E-state index is 0.112. The molecule has 1 unspecified atom stereocenters. The number of nitrogens with one attached hydrogen (secondary N) is 2. The maximum Gasteiger partial charge on any atom is 0.190 e. The lowest BCUT2D eigenvalue weighted by atomic mass is 9.99. The van der Waals surface area contributed by atoms with Crippen LogP contribution >= 0.6 is 0 Å². The van der Waals surface area contributed by atoms with Crippen LogP contribution in [-0.4, -0.2) is 40.3 Å². The average molecular weight is 388 g/mol. The molecule has 0 spiro atoms. The predicted octanol–water partition coefficient (Wildman–Crippen LogP) is 3.13. The molecule has 0 saturated carbocycles. The Kier molecular flexibility index (Phi) is 7.85. The van der Waals surface area contributed by atoms with E-state index in [1.165, 1.54) is 11.1 Å². The van der Waals surface area contributed by atoms with Crippen LogP contribution in [0.4, 0.5) is 0 Å². The van der Waals surface area contributed by atoms with E-state index in [1.807, 2.05) is 6.07 Å². The summed E-state index contributed by atoms with van der Waals surface area (Å²) in [6.45, 7) is 5.56. The van der Waals surface area contributed by atoms with E-state index in [4.69, 9.17) is 0 Å². The Morgan fingerprint density at radius 1 is 1.07 bits per heavy atom. The molecule has 0 aromatic heterocycles. The fourth-order valence-electron chi connectivity index (χ4n) is 2.78. The summed E-state index contributed by atoms with van der Waals surface area (Å²) in [4.78, 5) is 4.58. The van der Waals surface area contributed by atoms with Crippen molar-refractivity contribution in [2.45, 2.75) is 31.1 Å².